The monoisotopic (exact) mass is 432 g/mol. The second-order valence-electron chi connectivity index (χ2n) is 7.62. The van der Waals surface area contributed by atoms with Crippen LogP contribution in [0.2, 0.25) is 0 Å². The highest BCUT2D eigenvalue weighted by Gasteiger charge is 2.30. The van der Waals surface area contributed by atoms with Gasteiger partial charge in [0.15, 0.2) is 11.4 Å². The number of hydrogen-bond donors (Lipinski definition) is 1. The van der Waals surface area contributed by atoms with E-state index in [1.807, 2.05) is 36.4 Å². The van der Waals surface area contributed by atoms with Crippen molar-refractivity contribution in [1.82, 2.24) is 18.8 Å². The number of Topliss-reactive ketones (excluding diaryl/α,β-unsaturated/α-hetero) is 1. The Bertz CT molecular complexity index is 1280. The number of sulfonamides is 1. The van der Waals surface area contributed by atoms with Crippen molar-refractivity contribution in [2.24, 2.45) is 7.05 Å². The van der Waals surface area contributed by atoms with E-state index in [0.29, 0.717) is 24.2 Å². The van der Waals surface area contributed by atoms with E-state index in [-0.39, 0.29) is 35.9 Å². The molecule has 9 nitrogen and oxygen atoms in total. The number of H-pyrrole nitrogens is 1. The quantitative estimate of drug-likeness (QED) is 0.608. The van der Waals surface area contributed by atoms with Crippen LogP contribution in [0.25, 0.3) is 11.1 Å². The van der Waals surface area contributed by atoms with Gasteiger partial charge >= 0.3 is 5.76 Å². The molecule has 1 aromatic carbocycles. The van der Waals surface area contributed by atoms with Crippen molar-refractivity contribution in [3.63, 3.8) is 0 Å². The van der Waals surface area contributed by atoms with Crippen LogP contribution in [-0.2, 0) is 17.1 Å². The van der Waals surface area contributed by atoms with Crippen molar-refractivity contribution in [2.75, 3.05) is 32.7 Å². The first-order valence-corrected chi connectivity index (χ1v) is 11.1. The summed E-state index contributed by atoms with van der Waals surface area (Å²) < 4.78 is 34.3. The fraction of sp³-hybridized carbons (Fsp3) is 0.400. The summed E-state index contributed by atoms with van der Waals surface area (Å²) in [5.74, 6) is -0.581. The molecule has 3 aromatic rings. The zero-order valence-electron chi connectivity index (χ0n) is 17.1. The highest BCUT2D eigenvalue weighted by atomic mass is 32.2. The van der Waals surface area contributed by atoms with Gasteiger partial charge in [-0.3, -0.25) is 14.7 Å². The highest BCUT2D eigenvalue weighted by molar-refractivity contribution is 7.89. The maximum Gasteiger partial charge on any atom is 0.417 e. The van der Waals surface area contributed by atoms with Crippen molar-refractivity contribution in [2.45, 2.75) is 18.7 Å². The Kier molecular flexibility index (Phi) is 5.16. The molecule has 30 heavy (non-hydrogen) atoms. The van der Waals surface area contributed by atoms with Crippen molar-refractivity contribution in [3.8, 4) is 0 Å². The van der Waals surface area contributed by atoms with Crippen LogP contribution in [0, 0.1) is 13.8 Å². The Morgan fingerprint density at radius 1 is 1.13 bits per heavy atom. The van der Waals surface area contributed by atoms with E-state index >= 15 is 0 Å². The summed E-state index contributed by atoms with van der Waals surface area (Å²) >= 11 is 0. The summed E-state index contributed by atoms with van der Waals surface area (Å²) in [7, 11) is -1.78. The molecule has 0 unspecified atom stereocenters. The average Bonchev–Trinajstić information content (AvgIpc) is 3.21. The maximum absolute atomic E-state index is 13.0. The van der Waals surface area contributed by atoms with Gasteiger partial charge in [-0.2, -0.15) is 4.31 Å². The first kappa shape index (κ1) is 20.6. The second-order valence-corrected chi connectivity index (χ2v) is 9.56. The maximum atomic E-state index is 13.0. The molecule has 4 rings (SSSR count). The Balaban J connectivity index is 1.43. The topological polar surface area (TPSA) is 109 Å². The van der Waals surface area contributed by atoms with E-state index in [1.54, 1.807) is 0 Å². The first-order chi connectivity index (χ1) is 14.2. The highest BCUT2D eigenvalue weighted by Crippen LogP contribution is 2.22. The van der Waals surface area contributed by atoms with Gasteiger partial charge in [0.1, 0.15) is 0 Å². The average molecular weight is 433 g/mol. The zero-order chi connectivity index (χ0) is 21.6. The molecule has 1 fully saturated rings. The summed E-state index contributed by atoms with van der Waals surface area (Å²) in [6.45, 7) is 5.67. The molecular formula is C20H24N4O5S. The lowest BCUT2D eigenvalue weighted by Crippen LogP contribution is -2.49. The molecule has 1 saturated heterocycles. The van der Waals surface area contributed by atoms with E-state index in [9.17, 15) is 18.0 Å². The molecule has 0 saturated carbocycles. The van der Waals surface area contributed by atoms with Crippen molar-refractivity contribution in [3.05, 3.63) is 51.8 Å². The molecule has 0 amide bonds. The van der Waals surface area contributed by atoms with Gasteiger partial charge in [0, 0.05) is 56.2 Å². The smallest absolute Gasteiger partial charge is 0.408 e. The number of carbonyl (C=O) groups is 1. The minimum absolute atomic E-state index is 0.0421. The summed E-state index contributed by atoms with van der Waals surface area (Å²) in [6, 6.07) is 6.23. The number of hydrogen-bond acceptors (Lipinski definition) is 6. The molecule has 1 aliphatic rings. The van der Waals surface area contributed by atoms with E-state index in [2.05, 4.69) is 4.98 Å². The van der Waals surface area contributed by atoms with Crippen molar-refractivity contribution >= 4 is 26.9 Å². The Hall–Kier alpha value is -2.69. The fourth-order valence-corrected chi connectivity index (χ4v) is 5.23. The lowest BCUT2D eigenvalue weighted by atomic mass is 10.1. The third kappa shape index (κ3) is 3.62. The summed E-state index contributed by atoms with van der Waals surface area (Å²) in [4.78, 5) is 28.6. The molecule has 0 aliphatic carbocycles. The minimum atomic E-state index is -3.71. The van der Waals surface area contributed by atoms with E-state index in [0.717, 1.165) is 11.4 Å². The molecule has 0 bridgehead atoms. The molecule has 1 N–H and O–H groups in total. The number of aromatic nitrogens is 2. The predicted molar refractivity (Wildman–Crippen MR) is 111 cm³/mol. The minimum Gasteiger partial charge on any atom is -0.408 e. The number of nitrogens with zero attached hydrogens (tertiary/aromatic N) is 3. The Morgan fingerprint density at radius 3 is 2.47 bits per heavy atom. The van der Waals surface area contributed by atoms with Crippen molar-refractivity contribution < 1.29 is 17.6 Å². The molecule has 0 radical (unpaired) electrons. The van der Waals surface area contributed by atoms with Gasteiger partial charge in [-0.15, -0.1) is 0 Å². The summed E-state index contributed by atoms with van der Waals surface area (Å²) in [6.07, 6.45) is 0. The molecule has 10 heteroatoms. The molecule has 1 aliphatic heterocycles. The van der Waals surface area contributed by atoms with Gasteiger partial charge in [-0.25, -0.2) is 13.2 Å². The molecule has 3 heterocycles. The van der Waals surface area contributed by atoms with Crippen LogP contribution < -0.4 is 5.76 Å². The number of rotatable bonds is 5. The van der Waals surface area contributed by atoms with Gasteiger partial charge in [0.05, 0.1) is 17.0 Å². The number of carbonyl (C=O) groups excluding carboxylic acids is 1. The van der Waals surface area contributed by atoms with Gasteiger partial charge in [0.25, 0.3) is 0 Å². The number of nitrogens with one attached hydrogen (secondary N) is 1. The number of aromatic amines is 1. The summed E-state index contributed by atoms with van der Waals surface area (Å²) in [5, 5.41) is 0. The second kappa shape index (κ2) is 7.53. The van der Waals surface area contributed by atoms with Crippen LogP contribution in [0.1, 0.15) is 21.7 Å². The lowest BCUT2D eigenvalue weighted by Gasteiger charge is -2.33. The van der Waals surface area contributed by atoms with Crippen LogP contribution in [0.5, 0.6) is 0 Å². The number of fused-ring (bicyclic) bond motifs is 1. The SMILES string of the molecule is Cc1cc(C(=O)CN2CCN(S(=O)(=O)c3ccc4[nH]c(=O)oc4c3)CC2)c(C)n1C. The van der Waals surface area contributed by atoms with Gasteiger partial charge in [-0.05, 0) is 32.0 Å². The first-order valence-electron chi connectivity index (χ1n) is 9.68. The van der Waals surface area contributed by atoms with Crippen LogP contribution in [0.15, 0.2) is 38.4 Å². The fourth-order valence-electron chi connectivity index (χ4n) is 3.79. The van der Waals surface area contributed by atoms with Crippen LogP contribution in [0.4, 0.5) is 0 Å². The zero-order valence-corrected chi connectivity index (χ0v) is 18.0. The Labute approximate surface area is 173 Å². The van der Waals surface area contributed by atoms with Crippen LogP contribution in [0.3, 0.4) is 0 Å². The standard InChI is InChI=1S/C20H24N4O5S/c1-13-10-16(14(2)22(13)3)18(25)12-23-6-8-24(9-7-23)30(27,28)15-4-5-17-19(11-15)29-20(26)21-17/h4-5,10-11H,6-9,12H2,1-3H3,(H,21,26). The van der Waals surface area contributed by atoms with E-state index in [1.165, 1.54) is 22.5 Å². The van der Waals surface area contributed by atoms with Gasteiger partial charge in [0.2, 0.25) is 10.0 Å². The number of piperazine rings is 1. The molecule has 0 spiro atoms. The normalized spacial score (nSPS) is 16.4. The van der Waals surface area contributed by atoms with Gasteiger partial charge < -0.3 is 8.98 Å². The molecule has 160 valence electrons. The Morgan fingerprint density at radius 2 is 1.83 bits per heavy atom. The molecule has 2 aromatic heterocycles. The number of ketones is 1. The number of aryl methyl sites for hydroxylation is 1. The molecular weight excluding hydrogens is 408 g/mol. The number of oxazole rings is 1. The predicted octanol–water partition coefficient (Wildman–Crippen LogP) is 1.27. The third-order valence-corrected chi connectivity index (χ3v) is 7.70. The number of benzene rings is 1. The molecule has 0 atom stereocenters. The van der Waals surface area contributed by atoms with Crippen LogP contribution in [-0.4, -0.2) is 65.7 Å². The van der Waals surface area contributed by atoms with Gasteiger partial charge in [-0.1, -0.05) is 0 Å². The van der Waals surface area contributed by atoms with E-state index in [4.69, 9.17) is 4.42 Å². The van der Waals surface area contributed by atoms with Crippen LogP contribution >= 0.6 is 0 Å². The summed E-state index contributed by atoms with van der Waals surface area (Å²) in [5.41, 5.74) is 3.34. The van der Waals surface area contributed by atoms with E-state index < -0.39 is 15.8 Å². The third-order valence-electron chi connectivity index (χ3n) is 5.80. The van der Waals surface area contributed by atoms with Crippen molar-refractivity contribution in [1.29, 1.82) is 0 Å². The largest absolute Gasteiger partial charge is 0.417 e. The lowest BCUT2D eigenvalue weighted by molar-refractivity contribution is 0.0901.